The number of nitrogens with two attached hydrogens (primary N) is 1. The van der Waals surface area contributed by atoms with Gasteiger partial charge in [0, 0.05) is 19.1 Å². The molecule has 0 saturated carbocycles. The average molecular weight is 378 g/mol. The van der Waals surface area contributed by atoms with Crippen molar-refractivity contribution in [1.82, 2.24) is 4.90 Å². The number of aliphatic carboxylic acids is 3. The second-order valence-corrected chi connectivity index (χ2v) is 6.95. The molecule has 150 valence electrons. The van der Waals surface area contributed by atoms with Crippen LogP contribution in [0.3, 0.4) is 0 Å². The van der Waals surface area contributed by atoms with Crippen molar-refractivity contribution in [2.75, 3.05) is 13.1 Å². The molecule has 1 aliphatic heterocycles. The Balaban J connectivity index is 0.000000481. The Morgan fingerprint density at radius 3 is 1.81 bits per heavy atom. The van der Waals surface area contributed by atoms with E-state index in [0.29, 0.717) is 6.54 Å². The van der Waals surface area contributed by atoms with E-state index in [1.165, 1.54) is 0 Å². The zero-order valence-electron chi connectivity index (χ0n) is 15.0. The highest BCUT2D eigenvalue weighted by atomic mass is 16.6. The number of carbonyl (C=O) groups excluding carboxylic acids is 1. The summed E-state index contributed by atoms with van der Waals surface area (Å²) in [5.41, 5.74) is 2.53. The molecular formula is C15H26N2O9. The Morgan fingerprint density at radius 2 is 1.54 bits per heavy atom. The molecule has 6 N–H and O–H groups in total. The normalized spacial score (nSPS) is 17.1. The van der Waals surface area contributed by atoms with E-state index in [9.17, 15) is 19.2 Å². The van der Waals surface area contributed by atoms with Gasteiger partial charge in [0.1, 0.15) is 5.60 Å². The molecule has 11 heteroatoms. The van der Waals surface area contributed by atoms with Crippen molar-refractivity contribution < 1.29 is 44.3 Å². The van der Waals surface area contributed by atoms with E-state index in [0.717, 1.165) is 13.0 Å². The number of aliphatic hydroxyl groups is 1. The van der Waals surface area contributed by atoms with Gasteiger partial charge >= 0.3 is 24.0 Å². The number of nitrogens with zero attached hydrogens (tertiary/aromatic N) is 1. The number of rotatable bonds is 5. The van der Waals surface area contributed by atoms with E-state index in [-0.39, 0.29) is 12.1 Å². The third kappa shape index (κ3) is 9.18. The molecule has 1 rings (SSSR count). The number of likely N-dealkylation sites (tertiary alicyclic amines) is 1. The lowest BCUT2D eigenvalue weighted by molar-refractivity contribution is -0.170. The van der Waals surface area contributed by atoms with E-state index < -0.39 is 42.0 Å². The highest BCUT2D eigenvalue weighted by molar-refractivity contribution is 5.88. The lowest BCUT2D eigenvalue weighted by Gasteiger charge is -2.24. The fourth-order valence-electron chi connectivity index (χ4n) is 1.99. The molecular weight excluding hydrogens is 352 g/mol. The van der Waals surface area contributed by atoms with Gasteiger partial charge in [0.05, 0.1) is 12.8 Å². The van der Waals surface area contributed by atoms with Crippen LogP contribution in [0.5, 0.6) is 0 Å². The molecule has 0 spiro atoms. The lowest BCUT2D eigenvalue weighted by Crippen LogP contribution is -2.42. The molecule has 1 saturated heterocycles. The van der Waals surface area contributed by atoms with Crippen LogP contribution >= 0.6 is 0 Å². The topological polar surface area (TPSA) is 188 Å². The van der Waals surface area contributed by atoms with Crippen LogP contribution in [0.25, 0.3) is 0 Å². The molecule has 1 heterocycles. The SMILES string of the molecule is CC(C)(C)OC(=O)N1CC[C@H](N)C1.O=C(O)CC(O)(CC(=O)O)C(=O)O. The van der Waals surface area contributed by atoms with Gasteiger partial charge in [-0.1, -0.05) is 0 Å². The van der Waals surface area contributed by atoms with Gasteiger partial charge in [-0.25, -0.2) is 9.59 Å². The molecule has 1 amide bonds. The van der Waals surface area contributed by atoms with Crippen LogP contribution < -0.4 is 5.73 Å². The lowest BCUT2D eigenvalue weighted by atomic mass is 9.96. The van der Waals surface area contributed by atoms with Gasteiger partial charge in [0.2, 0.25) is 0 Å². The first-order valence-electron chi connectivity index (χ1n) is 7.79. The van der Waals surface area contributed by atoms with Crippen LogP contribution in [0.2, 0.25) is 0 Å². The highest BCUT2D eigenvalue weighted by Crippen LogP contribution is 2.16. The molecule has 1 fully saturated rings. The largest absolute Gasteiger partial charge is 0.481 e. The molecule has 0 aliphatic carbocycles. The van der Waals surface area contributed by atoms with Crippen molar-refractivity contribution in [3.05, 3.63) is 0 Å². The summed E-state index contributed by atoms with van der Waals surface area (Å²) in [7, 11) is 0. The maximum atomic E-state index is 11.5. The molecule has 11 nitrogen and oxygen atoms in total. The van der Waals surface area contributed by atoms with Crippen molar-refractivity contribution in [3.8, 4) is 0 Å². The van der Waals surface area contributed by atoms with Crippen LogP contribution in [-0.4, -0.2) is 79.7 Å². The summed E-state index contributed by atoms with van der Waals surface area (Å²) in [6.07, 6.45) is -1.66. The summed E-state index contributed by atoms with van der Waals surface area (Å²) in [5, 5.41) is 33.8. The summed E-state index contributed by atoms with van der Waals surface area (Å²) in [4.78, 5) is 43.6. The maximum absolute atomic E-state index is 11.5. The molecule has 0 aromatic carbocycles. The van der Waals surface area contributed by atoms with Crippen LogP contribution in [0, 0.1) is 0 Å². The fourth-order valence-corrected chi connectivity index (χ4v) is 1.99. The van der Waals surface area contributed by atoms with Crippen molar-refractivity contribution in [2.24, 2.45) is 5.73 Å². The summed E-state index contributed by atoms with van der Waals surface area (Å²) in [5.74, 6) is -5.02. The van der Waals surface area contributed by atoms with E-state index in [1.54, 1.807) is 4.90 Å². The quantitative estimate of drug-likeness (QED) is 0.425. The second-order valence-electron chi connectivity index (χ2n) is 6.95. The number of amides is 1. The maximum Gasteiger partial charge on any atom is 0.410 e. The first-order valence-corrected chi connectivity index (χ1v) is 7.79. The summed E-state index contributed by atoms with van der Waals surface area (Å²) < 4.78 is 5.20. The van der Waals surface area contributed by atoms with Crippen molar-refractivity contribution in [2.45, 2.75) is 57.3 Å². The Kier molecular flexibility index (Phi) is 8.48. The Bertz CT molecular complexity index is 526. The summed E-state index contributed by atoms with van der Waals surface area (Å²) in [6.45, 7) is 6.92. The Hall–Kier alpha value is -2.40. The molecule has 26 heavy (non-hydrogen) atoms. The number of carbonyl (C=O) groups is 4. The number of hydrogen-bond acceptors (Lipinski definition) is 7. The van der Waals surface area contributed by atoms with Crippen molar-refractivity contribution >= 4 is 24.0 Å². The standard InChI is InChI=1S/C9H18N2O2.C6H8O7/c1-9(2,3)13-8(12)11-5-4-7(10)6-11;7-3(8)1-6(13,5(11)12)2-4(9)10/h7H,4-6,10H2,1-3H3;13H,1-2H2,(H,7,8)(H,9,10)(H,11,12)/t7-;/m0./s1. The minimum absolute atomic E-state index is 0.118. The monoisotopic (exact) mass is 378 g/mol. The van der Waals surface area contributed by atoms with Gasteiger partial charge in [0.25, 0.3) is 0 Å². The third-order valence-corrected chi connectivity index (χ3v) is 3.16. The number of ether oxygens (including phenoxy) is 1. The molecule has 0 radical (unpaired) electrons. The molecule has 0 bridgehead atoms. The van der Waals surface area contributed by atoms with Crippen LogP contribution in [0.4, 0.5) is 4.79 Å². The van der Waals surface area contributed by atoms with Gasteiger partial charge < -0.3 is 35.8 Å². The van der Waals surface area contributed by atoms with Crippen LogP contribution in [-0.2, 0) is 19.1 Å². The number of carboxylic acid groups (broad SMARTS) is 3. The summed E-state index contributed by atoms with van der Waals surface area (Å²) >= 11 is 0. The van der Waals surface area contributed by atoms with Crippen molar-refractivity contribution in [1.29, 1.82) is 0 Å². The summed E-state index contributed by atoms with van der Waals surface area (Å²) in [6, 6.07) is 0.118. The van der Waals surface area contributed by atoms with Crippen LogP contribution in [0.1, 0.15) is 40.0 Å². The zero-order valence-corrected chi connectivity index (χ0v) is 15.0. The second kappa shape index (κ2) is 9.34. The zero-order chi connectivity index (χ0) is 20.7. The van der Waals surface area contributed by atoms with Gasteiger partial charge in [-0.15, -0.1) is 0 Å². The van der Waals surface area contributed by atoms with E-state index in [1.807, 2.05) is 20.8 Å². The first-order chi connectivity index (χ1) is 11.7. The average Bonchev–Trinajstić information content (AvgIpc) is 2.82. The predicted molar refractivity (Wildman–Crippen MR) is 87.5 cm³/mol. The van der Waals surface area contributed by atoms with Gasteiger partial charge in [-0.05, 0) is 27.2 Å². The van der Waals surface area contributed by atoms with E-state index >= 15 is 0 Å². The Labute approximate surface area is 150 Å². The molecule has 0 aromatic rings. The van der Waals surface area contributed by atoms with Gasteiger partial charge in [-0.2, -0.15) is 0 Å². The van der Waals surface area contributed by atoms with Gasteiger partial charge in [-0.3, -0.25) is 9.59 Å². The minimum Gasteiger partial charge on any atom is -0.481 e. The van der Waals surface area contributed by atoms with Crippen molar-refractivity contribution in [3.63, 3.8) is 0 Å². The smallest absolute Gasteiger partial charge is 0.410 e. The molecule has 1 atom stereocenters. The molecule has 1 aliphatic rings. The predicted octanol–water partition coefficient (Wildman–Crippen LogP) is -0.294. The molecule has 0 unspecified atom stereocenters. The first kappa shape index (κ1) is 23.6. The Morgan fingerprint density at radius 1 is 1.08 bits per heavy atom. The fraction of sp³-hybridized carbons (Fsp3) is 0.733. The van der Waals surface area contributed by atoms with E-state index in [4.69, 9.17) is 30.9 Å². The molecule has 0 aromatic heterocycles. The number of carboxylic acids is 3. The minimum atomic E-state index is -2.74. The van der Waals surface area contributed by atoms with Crippen LogP contribution in [0.15, 0.2) is 0 Å². The highest BCUT2D eigenvalue weighted by Gasteiger charge is 2.40. The van der Waals surface area contributed by atoms with E-state index in [2.05, 4.69) is 0 Å². The third-order valence-electron chi connectivity index (χ3n) is 3.16. The van der Waals surface area contributed by atoms with Gasteiger partial charge in [0.15, 0.2) is 5.60 Å². The number of hydrogen-bond donors (Lipinski definition) is 5.